The normalized spacial score (nSPS) is 13.7. The van der Waals surface area contributed by atoms with E-state index in [0.717, 1.165) is 28.7 Å². The maximum atomic E-state index is 14.4. The number of benzene rings is 2. The first-order valence-corrected chi connectivity index (χ1v) is 14.0. The number of carbonyl (C=O) groups is 3. The van der Waals surface area contributed by atoms with Crippen molar-refractivity contribution >= 4 is 23.6 Å². The van der Waals surface area contributed by atoms with E-state index in [4.69, 9.17) is 4.74 Å². The van der Waals surface area contributed by atoms with Crippen molar-refractivity contribution in [1.29, 1.82) is 0 Å². The summed E-state index contributed by atoms with van der Waals surface area (Å²) in [4.78, 5) is 43.0. The average Bonchev–Trinajstić information content (AvgIpc) is 2.85. The summed E-state index contributed by atoms with van der Waals surface area (Å²) in [6.45, 7) is 17.5. The number of anilines is 1. The second-order valence-corrected chi connectivity index (χ2v) is 11.4. The van der Waals surface area contributed by atoms with Crippen LogP contribution in [0.5, 0.6) is 0 Å². The summed E-state index contributed by atoms with van der Waals surface area (Å²) < 4.78 is 5.50. The van der Waals surface area contributed by atoms with Crippen LogP contribution in [0.2, 0.25) is 0 Å². The second kappa shape index (κ2) is 14.2. The lowest BCUT2D eigenvalue weighted by Crippen LogP contribution is -2.55. The van der Waals surface area contributed by atoms with Gasteiger partial charge in [-0.2, -0.15) is 0 Å². The van der Waals surface area contributed by atoms with Gasteiger partial charge in [0.15, 0.2) is 0 Å². The van der Waals surface area contributed by atoms with Crippen LogP contribution in [0.25, 0.3) is 0 Å². The molecule has 3 amide bonds. The Morgan fingerprint density at radius 3 is 2.05 bits per heavy atom. The van der Waals surface area contributed by atoms with Crippen LogP contribution >= 0.6 is 0 Å². The van der Waals surface area contributed by atoms with Crippen molar-refractivity contribution in [3.8, 4) is 0 Å². The van der Waals surface area contributed by atoms with E-state index in [9.17, 15) is 14.4 Å². The molecule has 0 radical (unpaired) electrons. The zero-order chi connectivity index (χ0) is 29.3. The molecular formula is C32H47N3O4. The summed E-state index contributed by atoms with van der Waals surface area (Å²) >= 11 is 0. The van der Waals surface area contributed by atoms with Crippen molar-refractivity contribution in [3.63, 3.8) is 0 Å². The predicted molar refractivity (Wildman–Crippen MR) is 158 cm³/mol. The highest BCUT2D eigenvalue weighted by Crippen LogP contribution is 2.31. The van der Waals surface area contributed by atoms with Gasteiger partial charge in [0.25, 0.3) is 5.91 Å². The molecule has 2 aromatic rings. The number of nitrogens with zero attached hydrogens (tertiary/aromatic N) is 1. The number of alkyl carbamates (subject to hydrolysis) is 1. The summed E-state index contributed by atoms with van der Waals surface area (Å²) in [6.07, 6.45) is 1.57. The van der Waals surface area contributed by atoms with Gasteiger partial charge in [-0.25, -0.2) is 4.79 Å². The largest absolute Gasteiger partial charge is 0.444 e. The molecule has 0 aromatic heterocycles. The fraction of sp³-hybridized carbons (Fsp3) is 0.531. The van der Waals surface area contributed by atoms with Gasteiger partial charge >= 0.3 is 6.09 Å². The van der Waals surface area contributed by atoms with Crippen molar-refractivity contribution < 1.29 is 19.1 Å². The Kier molecular flexibility index (Phi) is 11.6. The zero-order valence-electron chi connectivity index (χ0n) is 25.2. The van der Waals surface area contributed by atoms with Crippen LogP contribution in [-0.4, -0.2) is 41.0 Å². The molecule has 0 spiro atoms. The van der Waals surface area contributed by atoms with E-state index in [1.807, 2.05) is 77.1 Å². The van der Waals surface area contributed by atoms with Crippen molar-refractivity contribution in [2.75, 3.05) is 11.9 Å². The van der Waals surface area contributed by atoms with E-state index in [0.29, 0.717) is 25.1 Å². The van der Waals surface area contributed by atoms with Crippen LogP contribution in [-0.2, 0) is 14.3 Å². The Bertz CT molecular complexity index is 1120. The summed E-state index contributed by atoms with van der Waals surface area (Å²) in [5, 5.41) is 5.91. The average molecular weight is 538 g/mol. The van der Waals surface area contributed by atoms with Crippen LogP contribution in [0.4, 0.5) is 10.5 Å². The van der Waals surface area contributed by atoms with Crippen molar-refractivity contribution in [2.24, 2.45) is 5.92 Å². The standard InChI is InChI=1S/C32H47N3O4/c1-10-12-20-35(30(37)27(21(3)11-2)34-31(38)39-32(7,8)9)28(26-23(5)17-15-18-24(26)6)29(36)33-25-19-14-13-16-22(25)4/h13-19,21,27-28H,10-12,20H2,1-9H3,(H,33,36)(H,34,38). The Labute approximate surface area is 234 Å². The number of hydrogen-bond acceptors (Lipinski definition) is 4. The Balaban J connectivity index is 2.63. The van der Waals surface area contributed by atoms with Gasteiger partial charge in [0.05, 0.1) is 0 Å². The Morgan fingerprint density at radius 2 is 1.51 bits per heavy atom. The number of rotatable bonds is 11. The minimum atomic E-state index is -0.878. The Hall–Kier alpha value is -3.35. The first kappa shape index (κ1) is 31.9. The minimum Gasteiger partial charge on any atom is -0.444 e. The smallest absolute Gasteiger partial charge is 0.408 e. The van der Waals surface area contributed by atoms with Crippen molar-refractivity contribution in [2.45, 2.75) is 99.3 Å². The molecule has 2 rings (SSSR count). The minimum absolute atomic E-state index is 0.174. The maximum absolute atomic E-state index is 14.4. The molecule has 0 aliphatic carbocycles. The molecule has 39 heavy (non-hydrogen) atoms. The zero-order valence-corrected chi connectivity index (χ0v) is 25.2. The second-order valence-electron chi connectivity index (χ2n) is 11.4. The van der Waals surface area contributed by atoms with E-state index >= 15 is 0 Å². The molecule has 0 bridgehead atoms. The van der Waals surface area contributed by atoms with Crippen LogP contribution in [0.15, 0.2) is 42.5 Å². The summed E-state index contributed by atoms with van der Waals surface area (Å²) in [6, 6.07) is 11.7. The molecule has 7 heteroatoms. The number of para-hydroxylation sites is 1. The van der Waals surface area contributed by atoms with Gasteiger partial charge in [-0.3, -0.25) is 9.59 Å². The van der Waals surface area contributed by atoms with Gasteiger partial charge in [-0.05, 0) is 82.2 Å². The van der Waals surface area contributed by atoms with Gasteiger partial charge in [-0.1, -0.05) is 70.0 Å². The van der Waals surface area contributed by atoms with E-state index in [1.165, 1.54) is 0 Å². The fourth-order valence-corrected chi connectivity index (χ4v) is 4.59. The summed E-state index contributed by atoms with van der Waals surface area (Å²) in [7, 11) is 0. The molecule has 0 heterocycles. The van der Waals surface area contributed by atoms with Gasteiger partial charge in [0.2, 0.25) is 5.91 Å². The SMILES string of the molecule is CCCCN(C(=O)C(NC(=O)OC(C)(C)C)C(C)CC)C(C(=O)Nc1ccccc1C)c1c(C)cccc1C. The molecule has 214 valence electrons. The van der Waals surface area contributed by atoms with Gasteiger partial charge in [0.1, 0.15) is 17.7 Å². The molecular weight excluding hydrogens is 490 g/mol. The number of aryl methyl sites for hydroxylation is 3. The number of nitrogens with one attached hydrogen (secondary N) is 2. The molecule has 0 fully saturated rings. The number of amides is 3. The third kappa shape index (κ3) is 8.84. The third-order valence-corrected chi connectivity index (χ3v) is 6.97. The Morgan fingerprint density at radius 1 is 0.923 bits per heavy atom. The lowest BCUT2D eigenvalue weighted by Gasteiger charge is -2.37. The number of carbonyl (C=O) groups excluding carboxylic acids is 3. The molecule has 0 aliphatic rings. The monoisotopic (exact) mass is 537 g/mol. The predicted octanol–water partition coefficient (Wildman–Crippen LogP) is 6.86. The van der Waals surface area contributed by atoms with E-state index in [-0.39, 0.29) is 17.7 Å². The first-order chi connectivity index (χ1) is 18.3. The summed E-state index contributed by atoms with van der Waals surface area (Å²) in [5.74, 6) is -0.755. The highest BCUT2D eigenvalue weighted by molar-refractivity contribution is 5.99. The van der Waals surface area contributed by atoms with Gasteiger partial charge < -0.3 is 20.3 Å². The van der Waals surface area contributed by atoms with E-state index < -0.39 is 23.8 Å². The van der Waals surface area contributed by atoms with E-state index in [1.54, 1.807) is 25.7 Å². The molecule has 7 nitrogen and oxygen atoms in total. The fourth-order valence-electron chi connectivity index (χ4n) is 4.59. The number of unbranched alkanes of at least 4 members (excludes halogenated alkanes) is 1. The number of hydrogen-bond donors (Lipinski definition) is 2. The topological polar surface area (TPSA) is 87.7 Å². The van der Waals surface area contributed by atoms with Crippen LogP contribution < -0.4 is 10.6 Å². The highest BCUT2D eigenvalue weighted by atomic mass is 16.6. The molecule has 3 unspecified atom stereocenters. The van der Waals surface area contributed by atoms with Crippen molar-refractivity contribution in [1.82, 2.24) is 10.2 Å². The first-order valence-electron chi connectivity index (χ1n) is 14.0. The summed E-state index contributed by atoms with van der Waals surface area (Å²) in [5.41, 5.74) is 3.58. The van der Waals surface area contributed by atoms with Gasteiger partial charge in [0, 0.05) is 12.2 Å². The quantitative estimate of drug-likeness (QED) is 0.328. The lowest BCUT2D eigenvalue weighted by atomic mass is 9.91. The lowest BCUT2D eigenvalue weighted by molar-refractivity contribution is -0.142. The third-order valence-electron chi connectivity index (χ3n) is 6.97. The van der Waals surface area contributed by atoms with Crippen LogP contribution in [0, 0.1) is 26.7 Å². The molecule has 3 atom stereocenters. The van der Waals surface area contributed by atoms with Crippen LogP contribution in [0.1, 0.15) is 89.1 Å². The maximum Gasteiger partial charge on any atom is 0.408 e. The highest BCUT2D eigenvalue weighted by Gasteiger charge is 2.39. The molecule has 0 saturated heterocycles. The molecule has 2 aromatic carbocycles. The molecule has 0 saturated carbocycles. The molecule has 2 N–H and O–H groups in total. The molecule has 0 aliphatic heterocycles. The van der Waals surface area contributed by atoms with Gasteiger partial charge in [-0.15, -0.1) is 0 Å². The number of ether oxygens (including phenoxy) is 1. The van der Waals surface area contributed by atoms with E-state index in [2.05, 4.69) is 17.6 Å². The van der Waals surface area contributed by atoms with Crippen LogP contribution in [0.3, 0.4) is 0 Å². The van der Waals surface area contributed by atoms with Crippen molar-refractivity contribution in [3.05, 3.63) is 64.7 Å².